The number of aromatic nitrogens is 2. The molecule has 0 bridgehead atoms. The molecule has 1 unspecified atom stereocenters. The van der Waals surface area contributed by atoms with Crippen LogP contribution in [0, 0.1) is 0 Å². The van der Waals surface area contributed by atoms with Gasteiger partial charge < -0.3 is 9.47 Å². The van der Waals surface area contributed by atoms with Crippen LogP contribution in [0.15, 0.2) is 18.2 Å². The van der Waals surface area contributed by atoms with Crippen LogP contribution in [-0.2, 0) is 13.0 Å². The summed E-state index contributed by atoms with van der Waals surface area (Å²) in [6, 6.07) is 6.48. The van der Waals surface area contributed by atoms with Gasteiger partial charge in [-0.1, -0.05) is 17.7 Å². The van der Waals surface area contributed by atoms with Gasteiger partial charge in [0.15, 0.2) is 0 Å². The van der Waals surface area contributed by atoms with Crippen molar-refractivity contribution in [2.24, 2.45) is 0 Å². The van der Waals surface area contributed by atoms with Gasteiger partial charge in [-0.3, -0.25) is 0 Å². The maximum Gasteiger partial charge on any atom is 0.111 e. The number of fused-ring (bicyclic) bond motifs is 1. The Bertz CT molecular complexity index is 608. The zero-order valence-electron chi connectivity index (χ0n) is 11.6. The Balaban J connectivity index is 2.03. The third-order valence-electron chi connectivity index (χ3n) is 4.18. The number of alkyl halides is 1. The average molecular weight is 312 g/mol. The van der Waals surface area contributed by atoms with Gasteiger partial charge in [0.1, 0.15) is 5.82 Å². The minimum Gasteiger partial charge on any atom is -0.325 e. The summed E-state index contributed by atoms with van der Waals surface area (Å²) in [6.07, 6.45) is 3.29. The highest BCUT2D eigenvalue weighted by atomic mass is 35.5. The number of hydrogen-bond acceptors (Lipinski definition) is 2. The van der Waals surface area contributed by atoms with E-state index >= 15 is 0 Å². The molecule has 3 rings (SSSR count). The van der Waals surface area contributed by atoms with E-state index in [0.29, 0.717) is 11.9 Å². The second kappa shape index (κ2) is 5.92. The van der Waals surface area contributed by atoms with Crippen LogP contribution in [0.1, 0.15) is 18.7 Å². The number of rotatable bonds is 4. The highest BCUT2D eigenvalue weighted by Gasteiger charge is 2.23. The van der Waals surface area contributed by atoms with Crippen LogP contribution in [-0.4, -0.2) is 40.0 Å². The summed E-state index contributed by atoms with van der Waals surface area (Å²) < 4.78 is 2.27. The van der Waals surface area contributed by atoms with E-state index in [4.69, 9.17) is 28.2 Å². The first kappa shape index (κ1) is 14.2. The summed E-state index contributed by atoms with van der Waals surface area (Å²) >= 11 is 12.3. The van der Waals surface area contributed by atoms with E-state index in [2.05, 4.69) is 16.5 Å². The molecule has 0 saturated carbocycles. The molecule has 1 fully saturated rings. The predicted molar refractivity (Wildman–Crippen MR) is 84.8 cm³/mol. The number of likely N-dealkylation sites (N-methyl/N-ethyl adjacent to an activating group) is 1. The molecule has 20 heavy (non-hydrogen) atoms. The standard InChI is InChI=1S/C15H19Cl2N3/c1-19-9-3-4-11(19)10-20-14(7-8-16)18-13-6-2-5-12(17)15(13)20/h2,5-6,11H,3-4,7-10H2,1H3. The lowest BCUT2D eigenvalue weighted by atomic mass is 10.2. The second-order valence-corrected chi connectivity index (χ2v) is 6.25. The fourth-order valence-electron chi connectivity index (χ4n) is 3.08. The summed E-state index contributed by atoms with van der Waals surface area (Å²) in [4.78, 5) is 7.13. The molecule has 1 aromatic heterocycles. The van der Waals surface area contributed by atoms with E-state index in [9.17, 15) is 0 Å². The molecule has 5 heteroatoms. The van der Waals surface area contributed by atoms with Crippen molar-refractivity contribution < 1.29 is 0 Å². The van der Waals surface area contributed by atoms with Crippen LogP contribution >= 0.6 is 23.2 Å². The molecule has 2 heterocycles. The topological polar surface area (TPSA) is 21.1 Å². The Morgan fingerprint density at radius 3 is 2.95 bits per heavy atom. The quantitative estimate of drug-likeness (QED) is 0.805. The number of likely N-dealkylation sites (tertiary alicyclic amines) is 1. The van der Waals surface area contributed by atoms with E-state index in [1.807, 2.05) is 18.2 Å². The van der Waals surface area contributed by atoms with Gasteiger partial charge in [0, 0.05) is 24.9 Å². The van der Waals surface area contributed by atoms with Crippen LogP contribution < -0.4 is 0 Å². The molecule has 1 aliphatic rings. The number of benzene rings is 1. The fraction of sp³-hybridized carbons (Fsp3) is 0.533. The van der Waals surface area contributed by atoms with Gasteiger partial charge in [-0.2, -0.15) is 0 Å². The summed E-state index contributed by atoms with van der Waals surface area (Å²) in [5.74, 6) is 1.63. The number of aryl methyl sites for hydroxylation is 1. The summed E-state index contributed by atoms with van der Waals surface area (Å²) in [6.45, 7) is 2.12. The average Bonchev–Trinajstić information content (AvgIpc) is 2.97. The summed E-state index contributed by atoms with van der Waals surface area (Å²) in [7, 11) is 2.19. The van der Waals surface area contributed by atoms with E-state index in [1.165, 1.54) is 19.4 Å². The Labute approximate surface area is 129 Å². The maximum atomic E-state index is 6.39. The zero-order chi connectivity index (χ0) is 14.1. The van der Waals surface area contributed by atoms with Crippen molar-refractivity contribution in [1.82, 2.24) is 14.5 Å². The minimum atomic E-state index is 0.567. The van der Waals surface area contributed by atoms with E-state index in [0.717, 1.165) is 34.8 Å². The molecule has 0 radical (unpaired) electrons. The number of para-hydroxylation sites is 1. The summed E-state index contributed by atoms with van der Waals surface area (Å²) in [5, 5.41) is 0.775. The molecule has 1 aliphatic heterocycles. The molecule has 0 spiro atoms. The molecule has 1 saturated heterocycles. The van der Waals surface area contributed by atoms with Gasteiger partial charge in [-0.25, -0.2) is 4.98 Å². The third kappa shape index (κ3) is 2.54. The highest BCUT2D eigenvalue weighted by molar-refractivity contribution is 6.35. The van der Waals surface area contributed by atoms with Crippen LogP contribution in [0.25, 0.3) is 11.0 Å². The highest BCUT2D eigenvalue weighted by Crippen LogP contribution is 2.27. The smallest absolute Gasteiger partial charge is 0.111 e. The SMILES string of the molecule is CN1CCCC1Cn1c(CCCl)nc2cccc(Cl)c21. The number of hydrogen-bond donors (Lipinski definition) is 0. The third-order valence-corrected chi connectivity index (χ3v) is 4.67. The fourth-order valence-corrected chi connectivity index (χ4v) is 3.52. The molecule has 0 N–H and O–H groups in total. The van der Waals surface area contributed by atoms with Crippen molar-refractivity contribution in [3.63, 3.8) is 0 Å². The first-order valence-corrected chi connectivity index (χ1v) is 8.02. The lowest BCUT2D eigenvalue weighted by molar-refractivity contribution is 0.282. The monoisotopic (exact) mass is 311 g/mol. The Hall–Kier alpha value is -0.770. The first-order valence-electron chi connectivity index (χ1n) is 7.10. The van der Waals surface area contributed by atoms with E-state index in [-0.39, 0.29) is 0 Å². The second-order valence-electron chi connectivity index (χ2n) is 5.46. The van der Waals surface area contributed by atoms with Crippen LogP contribution in [0.3, 0.4) is 0 Å². The van der Waals surface area contributed by atoms with Crippen molar-refractivity contribution in [2.75, 3.05) is 19.5 Å². The van der Waals surface area contributed by atoms with Gasteiger partial charge in [0.2, 0.25) is 0 Å². The lowest BCUT2D eigenvalue weighted by Gasteiger charge is -2.21. The Kier molecular flexibility index (Phi) is 4.20. The van der Waals surface area contributed by atoms with Gasteiger partial charge in [-0.15, -0.1) is 11.6 Å². The Morgan fingerprint density at radius 2 is 2.25 bits per heavy atom. The molecule has 1 atom stereocenters. The molecule has 3 nitrogen and oxygen atoms in total. The van der Waals surface area contributed by atoms with Crippen LogP contribution in [0.5, 0.6) is 0 Å². The molecule has 2 aromatic rings. The maximum absolute atomic E-state index is 6.39. The zero-order valence-corrected chi connectivity index (χ0v) is 13.2. The van der Waals surface area contributed by atoms with Gasteiger partial charge >= 0.3 is 0 Å². The van der Waals surface area contributed by atoms with E-state index < -0.39 is 0 Å². The molecule has 1 aromatic carbocycles. The van der Waals surface area contributed by atoms with Crippen LogP contribution in [0.2, 0.25) is 5.02 Å². The van der Waals surface area contributed by atoms with Crippen molar-refractivity contribution in [1.29, 1.82) is 0 Å². The molecular weight excluding hydrogens is 293 g/mol. The molecular formula is C15H19Cl2N3. The molecule has 108 valence electrons. The molecule has 0 amide bonds. The minimum absolute atomic E-state index is 0.567. The van der Waals surface area contributed by atoms with Gasteiger partial charge in [-0.05, 0) is 38.6 Å². The number of halogens is 2. The van der Waals surface area contributed by atoms with Crippen molar-refractivity contribution in [3.05, 3.63) is 29.0 Å². The van der Waals surface area contributed by atoms with Crippen molar-refractivity contribution >= 4 is 34.2 Å². The van der Waals surface area contributed by atoms with E-state index in [1.54, 1.807) is 0 Å². The van der Waals surface area contributed by atoms with Crippen molar-refractivity contribution in [3.8, 4) is 0 Å². The number of nitrogens with zero attached hydrogens (tertiary/aromatic N) is 3. The first-order chi connectivity index (χ1) is 9.70. The lowest BCUT2D eigenvalue weighted by Crippen LogP contribution is -2.30. The van der Waals surface area contributed by atoms with Crippen molar-refractivity contribution in [2.45, 2.75) is 31.8 Å². The largest absolute Gasteiger partial charge is 0.325 e. The summed E-state index contributed by atoms with van der Waals surface area (Å²) in [5.41, 5.74) is 2.02. The molecule has 0 aliphatic carbocycles. The van der Waals surface area contributed by atoms with Gasteiger partial charge in [0.05, 0.1) is 16.1 Å². The number of imidazole rings is 1. The predicted octanol–water partition coefficient (Wildman–Crippen LogP) is 3.57. The normalized spacial score (nSPS) is 20.1. The van der Waals surface area contributed by atoms with Crippen LogP contribution in [0.4, 0.5) is 0 Å². The Morgan fingerprint density at radius 1 is 1.40 bits per heavy atom. The van der Waals surface area contributed by atoms with Gasteiger partial charge in [0.25, 0.3) is 0 Å².